The predicted molar refractivity (Wildman–Crippen MR) is 257 cm³/mol. The molecule has 3 aliphatic carbocycles. The number of nitrogens with zero attached hydrogens (tertiary/aromatic N) is 1. The summed E-state index contributed by atoms with van der Waals surface area (Å²) in [7, 11) is 0. The van der Waals surface area contributed by atoms with Crippen LogP contribution in [0.15, 0.2) is 140 Å². The smallest absolute Gasteiger partial charge is 0.0467 e. The van der Waals surface area contributed by atoms with Gasteiger partial charge in [-0.3, -0.25) is 0 Å². The lowest BCUT2D eigenvalue weighted by Gasteiger charge is -2.30. The van der Waals surface area contributed by atoms with Crippen molar-refractivity contribution in [3.8, 4) is 44.5 Å². The summed E-state index contributed by atoms with van der Waals surface area (Å²) in [6, 6.07) is 53.9. The molecule has 300 valence electrons. The Morgan fingerprint density at radius 2 is 0.783 bits per heavy atom. The van der Waals surface area contributed by atoms with Crippen LogP contribution >= 0.6 is 0 Å². The lowest BCUT2D eigenvalue weighted by molar-refractivity contribution is 0.580. The summed E-state index contributed by atoms with van der Waals surface area (Å²) in [6.45, 7) is 28.4. The first-order chi connectivity index (χ1) is 28.3. The van der Waals surface area contributed by atoms with Gasteiger partial charge in [0, 0.05) is 33.3 Å². The Morgan fingerprint density at radius 1 is 0.333 bits per heavy atom. The summed E-state index contributed by atoms with van der Waals surface area (Å²) in [5.41, 5.74) is 25.0. The Bertz CT molecular complexity index is 2810. The van der Waals surface area contributed by atoms with Crippen LogP contribution in [0.1, 0.15) is 128 Å². The van der Waals surface area contributed by atoms with Crippen molar-refractivity contribution in [1.82, 2.24) is 0 Å². The Balaban J connectivity index is 1.19. The van der Waals surface area contributed by atoms with Crippen LogP contribution in [-0.2, 0) is 27.1 Å². The fourth-order valence-corrected chi connectivity index (χ4v) is 10.9. The van der Waals surface area contributed by atoms with Crippen molar-refractivity contribution in [3.05, 3.63) is 184 Å². The van der Waals surface area contributed by atoms with Crippen molar-refractivity contribution in [2.45, 2.75) is 110 Å². The molecule has 3 aliphatic rings. The number of rotatable bonds is 4. The van der Waals surface area contributed by atoms with Crippen molar-refractivity contribution in [2.75, 3.05) is 4.90 Å². The summed E-state index contributed by atoms with van der Waals surface area (Å²) >= 11 is 0. The van der Waals surface area contributed by atoms with Gasteiger partial charge in [-0.2, -0.15) is 0 Å². The topological polar surface area (TPSA) is 3.24 Å². The standard InChI is InChI=1S/C59H59N/c1-55(2,3)37-24-27-46-50(32-37)59(11,12)53-33-38(56(4,5)6)31-47(54(46)53)36-18-17-19-39(30-36)60(40-25-28-44-42-20-13-15-22-48(42)57(7,8)51(44)34-40)41-26-29-45-43-21-14-16-23-49(43)58(9,10)52(45)35-41/h13-35H,1-12H3. The largest absolute Gasteiger partial charge is 0.310 e. The Kier molecular flexibility index (Phi) is 8.15. The van der Waals surface area contributed by atoms with Gasteiger partial charge in [0.05, 0.1) is 0 Å². The van der Waals surface area contributed by atoms with Gasteiger partial charge in [-0.25, -0.2) is 0 Å². The molecule has 60 heavy (non-hydrogen) atoms. The molecule has 7 aromatic rings. The molecular weight excluding hydrogens is 723 g/mol. The SMILES string of the molecule is CC(C)(C)c1ccc2c(c1)C(C)(C)c1cc(C(C)(C)C)cc(-c3cccc(N(c4ccc5c(c4)C(C)(C)c4ccccc4-5)c4ccc5c(c4)C(C)(C)c4ccccc4-5)c3)c1-2. The van der Waals surface area contributed by atoms with Crippen molar-refractivity contribution >= 4 is 17.1 Å². The zero-order valence-corrected chi connectivity index (χ0v) is 37.7. The molecule has 0 bridgehead atoms. The van der Waals surface area contributed by atoms with E-state index in [-0.39, 0.29) is 27.1 Å². The number of hydrogen-bond acceptors (Lipinski definition) is 1. The highest BCUT2D eigenvalue weighted by Gasteiger charge is 2.40. The normalized spacial score (nSPS) is 16.1. The van der Waals surface area contributed by atoms with Crippen LogP contribution in [0.3, 0.4) is 0 Å². The lowest BCUT2D eigenvalue weighted by atomic mass is 9.76. The van der Waals surface area contributed by atoms with Crippen molar-refractivity contribution in [3.63, 3.8) is 0 Å². The quantitative estimate of drug-likeness (QED) is 0.172. The molecule has 10 rings (SSSR count). The molecule has 0 N–H and O–H groups in total. The van der Waals surface area contributed by atoms with E-state index in [9.17, 15) is 0 Å². The Morgan fingerprint density at radius 3 is 1.33 bits per heavy atom. The van der Waals surface area contributed by atoms with Crippen LogP contribution in [-0.4, -0.2) is 0 Å². The first-order valence-corrected chi connectivity index (χ1v) is 22.0. The molecule has 1 heteroatoms. The molecule has 1 nitrogen and oxygen atoms in total. The van der Waals surface area contributed by atoms with Gasteiger partial charge in [0.25, 0.3) is 0 Å². The molecule has 0 spiro atoms. The van der Waals surface area contributed by atoms with E-state index in [1.807, 2.05) is 0 Å². The number of hydrogen-bond donors (Lipinski definition) is 0. The van der Waals surface area contributed by atoms with Crippen molar-refractivity contribution < 1.29 is 0 Å². The van der Waals surface area contributed by atoms with Gasteiger partial charge >= 0.3 is 0 Å². The summed E-state index contributed by atoms with van der Waals surface area (Å²) in [4.78, 5) is 2.52. The van der Waals surface area contributed by atoms with E-state index < -0.39 is 0 Å². The predicted octanol–water partition coefficient (Wildman–Crippen LogP) is 16.3. The third-order valence-electron chi connectivity index (χ3n) is 14.6. The Labute approximate surface area is 359 Å². The minimum absolute atomic E-state index is 0.0154. The zero-order valence-electron chi connectivity index (χ0n) is 37.7. The van der Waals surface area contributed by atoms with E-state index in [1.165, 1.54) is 100 Å². The minimum atomic E-state index is -0.130. The van der Waals surface area contributed by atoms with Gasteiger partial charge in [-0.15, -0.1) is 0 Å². The van der Waals surface area contributed by atoms with Crippen LogP contribution in [0.2, 0.25) is 0 Å². The highest BCUT2D eigenvalue weighted by molar-refractivity contribution is 5.95. The first kappa shape index (κ1) is 38.5. The van der Waals surface area contributed by atoms with Crippen LogP contribution in [0.25, 0.3) is 44.5 Å². The summed E-state index contributed by atoms with van der Waals surface area (Å²) < 4.78 is 0. The molecule has 7 aromatic carbocycles. The maximum absolute atomic E-state index is 2.52. The molecule has 0 fully saturated rings. The van der Waals surface area contributed by atoms with Gasteiger partial charge < -0.3 is 4.90 Å². The summed E-state index contributed by atoms with van der Waals surface area (Å²) in [5, 5.41) is 0. The third-order valence-corrected chi connectivity index (χ3v) is 14.6. The van der Waals surface area contributed by atoms with Gasteiger partial charge in [0.1, 0.15) is 0 Å². The second-order valence-corrected chi connectivity index (χ2v) is 21.5. The average molecular weight is 782 g/mol. The van der Waals surface area contributed by atoms with Crippen LogP contribution in [0.4, 0.5) is 17.1 Å². The second kappa shape index (κ2) is 12.7. The second-order valence-electron chi connectivity index (χ2n) is 21.5. The fraction of sp³-hybridized carbons (Fsp3) is 0.288. The van der Waals surface area contributed by atoms with Gasteiger partial charge in [-0.1, -0.05) is 180 Å². The van der Waals surface area contributed by atoms with Gasteiger partial charge in [-0.05, 0) is 142 Å². The molecule has 0 aliphatic heterocycles. The molecule has 0 atom stereocenters. The number of fused-ring (bicyclic) bond motifs is 9. The number of anilines is 3. The van der Waals surface area contributed by atoms with Crippen LogP contribution in [0.5, 0.6) is 0 Å². The third kappa shape index (κ3) is 5.57. The first-order valence-electron chi connectivity index (χ1n) is 22.0. The molecule has 0 saturated heterocycles. The van der Waals surface area contributed by atoms with E-state index in [0.29, 0.717) is 0 Å². The minimum Gasteiger partial charge on any atom is -0.310 e. The fourth-order valence-electron chi connectivity index (χ4n) is 10.9. The molecular formula is C59H59N. The number of benzene rings is 7. The highest BCUT2D eigenvalue weighted by Crippen LogP contribution is 2.56. The van der Waals surface area contributed by atoms with Crippen molar-refractivity contribution in [2.24, 2.45) is 0 Å². The summed E-state index contributed by atoms with van der Waals surface area (Å²) in [6.07, 6.45) is 0. The maximum atomic E-state index is 2.52. The van der Waals surface area contributed by atoms with Gasteiger partial charge in [0.15, 0.2) is 0 Å². The van der Waals surface area contributed by atoms with E-state index in [0.717, 1.165) is 5.69 Å². The van der Waals surface area contributed by atoms with E-state index in [2.05, 4.69) is 228 Å². The van der Waals surface area contributed by atoms with E-state index in [4.69, 9.17) is 0 Å². The van der Waals surface area contributed by atoms with Crippen LogP contribution in [0, 0.1) is 0 Å². The molecule has 0 saturated carbocycles. The maximum Gasteiger partial charge on any atom is 0.0467 e. The molecule has 0 radical (unpaired) electrons. The molecule has 0 amide bonds. The molecule has 0 unspecified atom stereocenters. The van der Waals surface area contributed by atoms with E-state index in [1.54, 1.807) is 0 Å². The average Bonchev–Trinajstić information content (AvgIpc) is 3.69. The molecule has 0 heterocycles. The monoisotopic (exact) mass is 781 g/mol. The highest BCUT2D eigenvalue weighted by atomic mass is 15.1. The van der Waals surface area contributed by atoms with Crippen molar-refractivity contribution in [1.29, 1.82) is 0 Å². The molecule has 0 aromatic heterocycles. The zero-order chi connectivity index (χ0) is 42.3. The Hall–Kier alpha value is -5.66. The summed E-state index contributed by atoms with van der Waals surface area (Å²) in [5.74, 6) is 0. The lowest BCUT2D eigenvalue weighted by Crippen LogP contribution is -2.19. The van der Waals surface area contributed by atoms with Crippen LogP contribution < -0.4 is 4.90 Å². The van der Waals surface area contributed by atoms with Gasteiger partial charge in [0.2, 0.25) is 0 Å². The van der Waals surface area contributed by atoms with E-state index >= 15 is 0 Å².